The molecule has 1 amide bonds. The molecule has 6 nitrogen and oxygen atoms in total. The summed E-state index contributed by atoms with van der Waals surface area (Å²) < 4.78 is 7.67. The van der Waals surface area contributed by atoms with Gasteiger partial charge in [-0.25, -0.2) is 14.8 Å². The molecule has 3 heterocycles. The molecule has 2 aromatic rings. The molecule has 1 saturated heterocycles. The largest absolute Gasteiger partial charge is 0.444 e. The van der Waals surface area contributed by atoms with Gasteiger partial charge in [0.15, 0.2) is 5.65 Å². The molecule has 1 fully saturated rings. The quantitative estimate of drug-likeness (QED) is 0.780. The first kappa shape index (κ1) is 17.0. The lowest BCUT2D eigenvalue weighted by Gasteiger charge is -2.34. The average Bonchev–Trinajstić information content (AvgIpc) is 2.80. The first-order chi connectivity index (χ1) is 11.2. The molecule has 24 heavy (non-hydrogen) atoms. The monoisotopic (exact) mass is 350 g/mol. The molecule has 0 atom stereocenters. The van der Waals surface area contributed by atoms with Crippen molar-refractivity contribution >= 4 is 28.9 Å². The summed E-state index contributed by atoms with van der Waals surface area (Å²) in [5.41, 5.74) is 2.32. The number of piperidine rings is 1. The van der Waals surface area contributed by atoms with E-state index in [1.54, 1.807) is 11.1 Å². The van der Waals surface area contributed by atoms with Crippen LogP contribution in [0.25, 0.3) is 11.2 Å². The first-order valence-electron chi connectivity index (χ1n) is 8.22. The van der Waals surface area contributed by atoms with Crippen molar-refractivity contribution < 1.29 is 9.53 Å². The van der Waals surface area contributed by atoms with Crippen LogP contribution < -0.4 is 0 Å². The number of amides is 1. The molecule has 0 saturated carbocycles. The molecule has 130 valence electrons. The summed E-state index contributed by atoms with van der Waals surface area (Å²) >= 11 is 5.93. The number of hydrogen-bond donors (Lipinski definition) is 0. The number of fused-ring (bicyclic) bond motifs is 1. The van der Waals surface area contributed by atoms with Crippen LogP contribution in [0.3, 0.4) is 0 Å². The van der Waals surface area contributed by atoms with Crippen LogP contribution in [0.4, 0.5) is 4.79 Å². The van der Waals surface area contributed by atoms with Gasteiger partial charge in [0, 0.05) is 24.8 Å². The Morgan fingerprint density at radius 2 is 2.00 bits per heavy atom. The Hall–Kier alpha value is -1.82. The van der Waals surface area contributed by atoms with Crippen molar-refractivity contribution in [2.45, 2.75) is 52.2 Å². The number of halogens is 1. The summed E-state index contributed by atoms with van der Waals surface area (Å²) in [6, 6.07) is 2.31. The Kier molecular flexibility index (Phi) is 4.42. The Morgan fingerprint density at radius 3 is 2.62 bits per heavy atom. The van der Waals surface area contributed by atoms with E-state index in [1.165, 1.54) is 0 Å². The van der Waals surface area contributed by atoms with Crippen LogP contribution >= 0.6 is 11.6 Å². The summed E-state index contributed by atoms with van der Waals surface area (Å²) in [4.78, 5) is 22.7. The number of rotatable bonds is 1. The number of aromatic nitrogens is 3. The van der Waals surface area contributed by atoms with E-state index in [9.17, 15) is 4.79 Å². The highest BCUT2D eigenvalue weighted by molar-refractivity contribution is 6.29. The van der Waals surface area contributed by atoms with E-state index in [0.29, 0.717) is 24.3 Å². The summed E-state index contributed by atoms with van der Waals surface area (Å²) in [6.45, 7) is 9.07. The zero-order valence-corrected chi connectivity index (χ0v) is 15.3. The third kappa shape index (κ3) is 3.48. The number of nitrogens with zero attached hydrogens (tertiary/aromatic N) is 4. The third-order valence-corrected chi connectivity index (χ3v) is 4.37. The highest BCUT2D eigenvalue weighted by Crippen LogP contribution is 2.29. The summed E-state index contributed by atoms with van der Waals surface area (Å²) in [7, 11) is 0. The van der Waals surface area contributed by atoms with Gasteiger partial charge in [0.25, 0.3) is 0 Å². The number of carbonyl (C=O) groups is 1. The van der Waals surface area contributed by atoms with E-state index < -0.39 is 5.60 Å². The van der Waals surface area contributed by atoms with Crippen molar-refractivity contribution in [3.05, 3.63) is 23.1 Å². The number of likely N-dealkylation sites (tertiary alicyclic amines) is 1. The van der Waals surface area contributed by atoms with Crippen LogP contribution in [0.5, 0.6) is 0 Å². The van der Waals surface area contributed by atoms with E-state index in [4.69, 9.17) is 16.3 Å². The molecule has 0 aliphatic carbocycles. The molecule has 2 aromatic heterocycles. The molecule has 0 N–H and O–H groups in total. The smallest absolute Gasteiger partial charge is 0.410 e. The predicted octanol–water partition coefficient (Wildman–Crippen LogP) is 3.97. The van der Waals surface area contributed by atoms with E-state index >= 15 is 0 Å². The van der Waals surface area contributed by atoms with Crippen LogP contribution in [0.1, 0.15) is 45.3 Å². The highest BCUT2D eigenvalue weighted by atomic mass is 35.5. The Morgan fingerprint density at radius 1 is 1.33 bits per heavy atom. The summed E-state index contributed by atoms with van der Waals surface area (Å²) in [5.74, 6) is 0. The fourth-order valence-electron chi connectivity index (χ4n) is 3.19. The van der Waals surface area contributed by atoms with Crippen LogP contribution in [-0.4, -0.2) is 44.2 Å². The van der Waals surface area contributed by atoms with Crippen molar-refractivity contribution in [3.63, 3.8) is 0 Å². The molecule has 0 aromatic carbocycles. The number of carbonyl (C=O) groups excluding carboxylic acids is 1. The minimum absolute atomic E-state index is 0.235. The second-order valence-electron chi connectivity index (χ2n) is 7.26. The van der Waals surface area contributed by atoms with Crippen molar-refractivity contribution in [2.24, 2.45) is 0 Å². The van der Waals surface area contributed by atoms with Gasteiger partial charge < -0.3 is 14.2 Å². The molecular formula is C17H23ClN4O2. The fraction of sp³-hybridized carbons (Fsp3) is 0.588. The van der Waals surface area contributed by atoms with Gasteiger partial charge in [-0.2, -0.15) is 0 Å². The summed E-state index contributed by atoms with van der Waals surface area (Å²) in [6.07, 6.45) is 3.08. The van der Waals surface area contributed by atoms with Crippen molar-refractivity contribution in [1.82, 2.24) is 19.4 Å². The van der Waals surface area contributed by atoms with Gasteiger partial charge in [-0.15, -0.1) is 0 Å². The maximum atomic E-state index is 12.2. The first-order valence-corrected chi connectivity index (χ1v) is 8.60. The van der Waals surface area contributed by atoms with E-state index in [0.717, 1.165) is 29.7 Å². The lowest BCUT2D eigenvalue weighted by Crippen LogP contribution is -2.42. The van der Waals surface area contributed by atoms with E-state index in [-0.39, 0.29) is 6.09 Å². The molecule has 1 aliphatic heterocycles. The topological polar surface area (TPSA) is 60.2 Å². The average molecular weight is 351 g/mol. The Bertz CT molecular complexity index is 758. The molecule has 0 unspecified atom stereocenters. The zero-order chi connectivity index (χ0) is 17.5. The van der Waals surface area contributed by atoms with Crippen molar-refractivity contribution in [3.8, 4) is 0 Å². The second kappa shape index (κ2) is 6.24. The molecule has 1 aliphatic rings. The minimum atomic E-state index is -0.462. The maximum absolute atomic E-state index is 12.2. The fourth-order valence-corrected chi connectivity index (χ4v) is 3.33. The Balaban J connectivity index is 1.73. The van der Waals surface area contributed by atoms with Crippen LogP contribution in [0, 0.1) is 6.92 Å². The SMILES string of the molecule is Cc1cc2nc(Cl)cnc2n1C1CCN(C(=O)OC(C)(C)C)CC1. The van der Waals surface area contributed by atoms with Gasteiger partial charge >= 0.3 is 6.09 Å². The van der Waals surface area contributed by atoms with Gasteiger partial charge in [0.1, 0.15) is 16.3 Å². The Labute approximate surface area is 146 Å². The molecule has 0 radical (unpaired) electrons. The summed E-state index contributed by atoms with van der Waals surface area (Å²) in [5, 5.41) is 0.402. The van der Waals surface area contributed by atoms with Gasteiger partial charge in [-0.1, -0.05) is 11.6 Å². The van der Waals surface area contributed by atoms with Gasteiger partial charge in [0.2, 0.25) is 0 Å². The van der Waals surface area contributed by atoms with E-state index in [1.807, 2.05) is 26.8 Å². The van der Waals surface area contributed by atoms with Crippen LogP contribution in [0.2, 0.25) is 5.15 Å². The van der Waals surface area contributed by atoms with E-state index in [2.05, 4.69) is 21.5 Å². The third-order valence-electron chi connectivity index (χ3n) is 4.18. The minimum Gasteiger partial charge on any atom is -0.444 e. The highest BCUT2D eigenvalue weighted by Gasteiger charge is 2.28. The second-order valence-corrected chi connectivity index (χ2v) is 7.64. The molecule has 0 bridgehead atoms. The van der Waals surface area contributed by atoms with Crippen molar-refractivity contribution in [1.29, 1.82) is 0 Å². The molecule has 0 spiro atoms. The normalized spacial score (nSPS) is 16.6. The van der Waals surface area contributed by atoms with Gasteiger partial charge in [0.05, 0.1) is 6.20 Å². The van der Waals surface area contributed by atoms with Gasteiger partial charge in [-0.3, -0.25) is 0 Å². The number of hydrogen-bond acceptors (Lipinski definition) is 4. The van der Waals surface area contributed by atoms with Gasteiger partial charge in [-0.05, 0) is 46.6 Å². The lowest BCUT2D eigenvalue weighted by molar-refractivity contribution is 0.0189. The van der Waals surface area contributed by atoms with Crippen LogP contribution in [-0.2, 0) is 4.74 Å². The number of aryl methyl sites for hydroxylation is 1. The maximum Gasteiger partial charge on any atom is 0.410 e. The lowest BCUT2D eigenvalue weighted by atomic mass is 10.0. The van der Waals surface area contributed by atoms with Crippen molar-refractivity contribution in [2.75, 3.05) is 13.1 Å². The van der Waals surface area contributed by atoms with Crippen LogP contribution in [0.15, 0.2) is 12.3 Å². The standard InChI is InChI=1S/C17H23ClN4O2/c1-11-9-13-15(19-10-14(18)20-13)22(11)12-5-7-21(8-6-12)16(23)24-17(2,3)4/h9-10,12H,5-8H2,1-4H3. The molecule has 7 heteroatoms. The predicted molar refractivity (Wildman–Crippen MR) is 93.4 cm³/mol. The molecule has 3 rings (SSSR count). The zero-order valence-electron chi connectivity index (χ0n) is 14.5. The number of ether oxygens (including phenoxy) is 1. The molecular weight excluding hydrogens is 328 g/mol.